The van der Waals surface area contributed by atoms with Crippen molar-refractivity contribution in [1.29, 1.82) is 0 Å². The minimum absolute atomic E-state index is 0.206. The molecule has 1 aliphatic heterocycles. The Morgan fingerprint density at radius 2 is 1.68 bits per heavy atom. The maximum Gasteiger partial charge on any atom is 0.228 e. The van der Waals surface area contributed by atoms with E-state index in [1.165, 1.54) is 10.1 Å². The van der Waals surface area contributed by atoms with Crippen LogP contribution in [-0.4, -0.2) is 48.6 Å². The number of nitrogens with two attached hydrogens (primary N) is 2. The first-order chi connectivity index (χ1) is 18.6. The van der Waals surface area contributed by atoms with Gasteiger partial charge in [0.25, 0.3) is 0 Å². The van der Waals surface area contributed by atoms with Crippen molar-refractivity contribution in [1.82, 2.24) is 29.5 Å². The van der Waals surface area contributed by atoms with Crippen molar-refractivity contribution in [3.05, 3.63) is 84.7 Å². The number of nitrogens with zero attached hydrogens (tertiary/aromatic N) is 6. The van der Waals surface area contributed by atoms with Gasteiger partial charge in [-0.3, -0.25) is 9.88 Å². The van der Waals surface area contributed by atoms with Crippen LogP contribution in [0.25, 0.3) is 5.65 Å². The molecule has 5 aromatic rings. The van der Waals surface area contributed by atoms with Crippen LogP contribution in [0.15, 0.2) is 79.1 Å². The Labute approximate surface area is 219 Å². The lowest BCUT2D eigenvalue weighted by Gasteiger charge is -2.17. The summed E-state index contributed by atoms with van der Waals surface area (Å²) in [5, 5.41) is 11.1. The van der Waals surface area contributed by atoms with E-state index < -0.39 is 0 Å². The van der Waals surface area contributed by atoms with E-state index in [0.717, 1.165) is 31.7 Å². The molecular formula is C27H28N10O. The van der Waals surface area contributed by atoms with E-state index in [4.69, 9.17) is 16.2 Å². The Balaban J connectivity index is 1.13. The largest absolute Gasteiger partial charge is 0.457 e. The molecule has 0 aliphatic carbocycles. The molecule has 2 aromatic carbocycles. The van der Waals surface area contributed by atoms with Gasteiger partial charge in [-0.15, -0.1) is 5.10 Å². The highest BCUT2D eigenvalue weighted by molar-refractivity contribution is 5.82. The number of anilines is 5. The number of pyridine rings is 1. The molecule has 0 spiro atoms. The van der Waals surface area contributed by atoms with E-state index in [0.29, 0.717) is 34.6 Å². The Morgan fingerprint density at radius 1 is 0.921 bits per heavy atom. The molecule has 11 nitrogen and oxygen atoms in total. The molecule has 192 valence electrons. The fraction of sp³-hybridized carbons (Fsp3) is 0.185. The van der Waals surface area contributed by atoms with E-state index in [2.05, 4.69) is 59.8 Å². The topological polar surface area (TPSA) is 145 Å². The number of ether oxygens (including phenoxy) is 1. The predicted molar refractivity (Wildman–Crippen MR) is 147 cm³/mol. The number of nitrogen functional groups attached to an aromatic ring is 2. The van der Waals surface area contributed by atoms with E-state index in [1.54, 1.807) is 24.5 Å². The third-order valence-corrected chi connectivity index (χ3v) is 6.40. The molecule has 0 radical (unpaired) electrons. The van der Waals surface area contributed by atoms with Crippen molar-refractivity contribution in [3.8, 4) is 11.5 Å². The second kappa shape index (κ2) is 10.2. The summed E-state index contributed by atoms with van der Waals surface area (Å²) in [6, 6.07) is 21.8. The first-order valence-electron chi connectivity index (χ1n) is 12.4. The summed E-state index contributed by atoms with van der Waals surface area (Å²) < 4.78 is 7.26. The molecule has 38 heavy (non-hydrogen) atoms. The highest BCUT2D eigenvalue weighted by atomic mass is 16.5. The Hall–Kier alpha value is -4.90. The van der Waals surface area contributed by atoms with Crippen LogP contribution in [0.3, 0.4) is 0 Å². The lowest BCUT2D eigenvalue weighted by molar-refractivity contribution is 0.328. The zero-order valence-electron chi connectivity index (χ0n) is 20.7. The van der Waals surface area contributed by atoms with Gasteiger partial charge in [0.2, 0.25) is 11.9 Å². The number of hydrogen-bond donors (Lipinski definition) is 4. The summed E-state index contributed by atoms with van der Waals surface area (Å²) in [6.45, 7) is 2.81. The predicted octanol–water partition coefficient (Wildman–Crippen LogP) is 3.91. The molecule has 1 unspecified atom stereocenters. The molecule has 0 saturated carbocycles. The minimum atomic E-state index is 0.206. The standard InChI is InChI=1S/C27H28N10O/c28-23-24(31-19-6-8-21(9-7-19)38-22-10-13-30-14-11-22)35-37-25(23)33-27(34-26(37)29)32-20-12-15-36(17-20)16-18-4-2-1-3-5-18/h1-11,13-14,20H,12,15-17,28H2,(H,31,35)(H3,29,32,33,34). The third kappa shape index (κ3) is 5.13. The van der Waals surface area contributed by atoms with Crippen molar-refractivity contribution in [2.24, 2.45) is 0 Å². The number of aromatic nitrogens is 5. The molecule has 1 atom stereocenters. The van der Waals surface area contributed by atoms with Crippen molar-refractivity contribution in [3.63, 3.8) is 0 Å². The van der Waals surface area contributed by atoms with E-state index >= 15 is 0 Å². The average Bonchev–Trinajstić information content (AvgIpc) is 3.50. The number of hydrogen-bond acceptors (Lipinski definition) is 10. The molecule has 1 saturated heterocycles. The summed E-state index contributed by atoms with van der Waals surface area (Å²) in [5.74, 6) is 2.51. The number of fused-ring (bicyclic) bond motifs is 1. The van der Waals surface area contributed by atoms with Gasteiger partial charge in [-0.1, -0.05) is 30.3 Å². The molecule has 3 aromatic heterocycles. The monoisotopic (exact) mass is 508 g/mol. The van der Waals surface area contributed by atoms with Gasteiger partial charge < -0.3 is 26.8 Å². The van der Waals surface area contributed by atoms with Gasteiger partial charge in [-0.25, -0.2) is 0 Å². The quantitative estimate of drug-likeness (QED) is 0.243. The van der Waals surface area contributed by atoms with Gasteiger partial charge in [0.15, 0.2) is 11.5 Å². The summed E-state index contributed by atoms with van der Waals surface area (Å²) in [6.07, 6.45) is 4.35. The van der Waals surface area contributed by atoms with Gasteiger partial charge >= 0.3 is 0 Å². The number of likely N-dealkylation sites (tertiary alicyclic amines) is 1. The van der Waals surface area contributed by atoms with Gasteiger partial charge in [-0.05, 0) is 48.4 Å². The van der Waals surface area contributed by atoms with Crippen LogP contribution >= 0.6 is 0 Å². The van der Waals surface area contributed by atoms with Crippen LogP contribution in [0, 0.1) is 0 Å². The van der Waals surface area contributed by atoms with Crippen LogP contribution in [0.1, 0.15) is 12.0 Å². The van der Waals surface area contributed by atoms with Gasteiger partial charge in [-0.2, -0.15) is 14.5 Å². The highest BCUT2D eigenvalue weighted by Gasteiger charge is 2.24. The molecule has 11 heteroatoms. The number of nitrogens with one attached hydrogen (secondary N) is 2. The second-order valence-corrected chi connectivity index (χ2v) is 9.19. The third-order valence-electron chi connectivity index (χ3n) is 6.40. The van der Waals surface area contributed by atoms with Crippen molar-refractivity contribution in [2.75, 3.05) is 35.2 Å². The number of benzene rings is 2. The van der Waals surface area contributed by atoms with Crippen molar-refractivity contribution < 1.29 is 4.74 Å². The normalized spacial score (nSPS) is 15.5. The van der Waals surface area contributed by atoms with E-state index in [-0.39, 0.29) is 12.0 Å². The van der Waals surface area contributed by atoms with E-state index in [9.17, 15) is 0 Å². The summed E-state index contributed by atoms with van der Waals surface area (Å²) >= 11 is 0. The zero-order chi connectivity index (χ0) is 25.9. The molecule has 6 rings (SSSR count). The lowest BCUT2D eigenvalue weighted by Crippen LogP contribution is -2.27. The summed E-state index contributed by atoms with van der Waals surface area (Å²) in [5.41, 5.74) is 15.6. The van der Waals surface area contributed by atoms with Gasteiger partial charge in [0.1, 0.15) is 17.2 Å². The molecule has 0 amide bonds. The number of rotatable bonds is 8. The SMILES string of the molecule is Nc1c(Nc2ccc(Oc3ccncc3)cc2)nn2c(N)nc(NC3CCN(Cc4ccccc4)C3)nc12. The first-order valence-corrected chi connectivity index (χ1v) is 12.4. The molecule has 6 N–H and O–H groups in total. The molecule has 0 bridgehead atoms. The van der Waals surface area contributed by atoms with Crippen LogP contribution in [0.2, 0.25) is 0 Å². The van der Waals surface area contributed by atoms with Crippen LogP contribution in [-0.2, 0) is 6.54 Å². The fourth-order valence-electron chi connectivity index (χ4n) is 4.53. The Morgan fingerprint density at radius 3 is 2.47 bits per heavy atom. The van der Waals surface area contributed by atoms with Crippen molar-refractivity contribution in [2.45, 2.75) is 19.0 Å². The lowest BCUT2D eigenvalue weighted by atomic mass is 10.2. The van der Waals surface area contributed by atoms with Gasteiger partial charge in [0.05, 0.1) is 0 Å². The Bertz CT molecular complexity index is 1520. The average molecular weight is 509 g/mol. The van der Waals surface area contributed by atoms with Crippen LogP contribution in [0.5, 0.6) is 11.5 Å². The second-order valence-electron chi connectivity index (χ2n) is 9.19. The molecule has 4 heterocycles. The van der Waals surface area contributed by atoms with Crippen LogP contribution < -0.4 is 26.8 Å². The summed E-state index contributed by atoms with van der Waals surface area (Å²) in [4.78, 5) is 15.4. The van der Waals surface area contributed by atoms with Gasteiger partial charge in [0, 0.05) is 43.8 Å². The smallest absolute Gasteiger partial charge is 0.228 e. The maximum atomic E-state index is 6.41. The summed E-state index contributed by atoms with van der Waals surface area (Å²) in [7, 11) is 0. The molecule has 1 aliphatic rings. The molecule has 1 fully saturated rings. The zero-order valence-corrected chi connectivity index (χ0v) is 20.7. The first kappa shape index (κ1) is 23.5. The van der Waals surface area contributed by atoms with Crippen LogP contribution in [0.4, 0.5) is 29.1 Å². The van der Waals surface area contributed by atoms with E-state index in [1.807, 2.05) is 30.3 Å². The van der Waals surface area contributed by atoms with Crippen molar-refractivity contribution >= 4 is 34.7 Å². The maximum absolute atomic E-state index is 6.41. The minimum Gasteiger partial charge on any atom is -0.457 e. The highest BCUT2D eigenvalue weighted by Crippen LogP contribution is 2.29. The Kier molecular flexibility index (Phi) is 6.32. The fourth-order valence-corrected chi connectivity index (χ4v) is 4.53. The molecular weight excluding hydrogens is 480 g/mol.